The van der Waals surface area contributed by atoms with Crippen molar-refractivity contribution in [2.24, 2.45) is 17.6 Å². The summed E-state index contributed by atoms with van der Waals surface area (Å²) in [7, 11) is 0. The molecule has 2 heterocycles. The van der Waals surface area contributed by atoms with Crippen molar-refractivity contribution in [3.63, 3.8) is 0 Å². The highest BCUT2D eigenvalue weighted by Gasteiger charge is 2.22. The number of nitrogens with two attached hydrogens (primary N) is 1. The van der Waals surface area contributed by atoms with Gasteiger partial charge in [-0.15, -0.1) is 0 Å². The third-order valence-corrected chi connectivity index (χ3v) is 6.56. The minimum atomic E-state index is -0.975. The summed E-state index contributed by atoms with van der Waals surface area (Å²) < 4.78 is 0. The molecule has 0 unspecified atom stereocenters. The zero-order chi connectivity index (χ0) is 24.6. The Morgan fingerprint density at radius 3 is 2.20 bits per heavy atom. The van der Waals surface area contributed by atoms with Crippen molar-refractivity contribution < 1.29 is 14.7 Å². The van der Waals surface area contributed by atoms with Gasteiger partial charge in [-0.2, -0.15) is 0 Å². The number of aromatic nitrogens is 2. The number of hydrogen-bond acceptors (Lipinski definition) is 5. The molecule has 35 heavy (non-hydrogen) atoms. The average molecular weight is 474 g/mol. The number of benzene rings is 1. The minimum Gasteiger partial charge on any atom is -0.465 e. The molecule has 3 aromatic rings. The number of hydrogen-bond donors (Lipinski definition) is 4. The highest BCUT2D eigenvalue weighted by molar-refractivity contribution is 5.96. The molecule has 1 aliphatic rings. The lowest BCUT2D eigenvalue weighted by atomic mass is 9.82. The molecule has 4 rings (SSSR count). The lowest BCUT2D eigenvalue weighted by Crippen LogP contribution is -2.34. The smallest absolute Gasteiger partial charge is 0.404 e. The quantitative estimate of drug-likeness (QED) is 0.390. The van der Waals surface area contributed by atoms with Crippen LogP contribution in [0.3, 0.4) is 0 Å². The first-order valence-electron chi connectivity index (χ1n) is 12.0. The Bertz CT molecular complexity index is 1160. The number of nitrogens with one attached hydrogen (secondary N) is 2. The van der Waals surface area contributed by atoms with Gasteiger partial charge in [-0.3, -0.25) is 9.78 Å². The minimum absolute atomic E-state index is 0.136. The van der Waals surface area contributed by atoms with Gasteiger partial charge >= 0.3 is 6.09 Å². The lowest BCUT2D eigenvalue weighted by Gasteiger charge is -2.28. The molecular formula is C27H31N5O3. The second kappa shape index (κ2) is 11.6. The first kappa shape index (κ1) is 24.3. The molecule has 0 bridgehead atoms. The zero-order valence-electron chi connectivity index (χ0n) is 19.6. The molecule has 1 aliphatic carbocycles. The predicted octanol–water partition coefficient (Wildman–Crippen LogP) is 4.07. The van der Waals surface area contributed by atoms with Crippen LogP contribution in [0, 0.1) is 11.8 Å². The van der Waals surface area contributed by atoms with E-state index in [2.05, 4.69) is 15.6 Å². The molecule has 0 aliphatic heterocycles. The van der Waals surface area contributed by atoms with Gasteiger partial charge in [0.1, 0.15) is 0 Å². The summed E-state index contributed by atoms with van der Waals surface area (Å²) in [5.74, 6) is 0.621. The maximum atomic E-state index is 13.2. The Morgan fingerprint density at radius 2 is 1.57 bits per heavy atom. The van der Waals surface area contributed by atoms with Crippen molar-refractivity contribution in [2.45, 2.75) is 32.2 Å². The summed E-state index contributed by atoms with van der Waals surface area (Å²) in [6.45, 7) is 1.52. The Hall–Kier alpha value is -3.78. The topological polar surface area (TPSA) is 130 Å². The number of carboxylic acid groups (broad SMARTS) is 1. The van der Waals surface area contributed by atoms with Crippen molar-refractivity contribution >= 4 is 12.0 Å². The van der Waals surface area contributed by atoms with Gasteiger partial charge in [-0.05, 0) is 73.4 Å². The Morgan fingerprint density at radius 1 is 0.914 bits per heavy atom. The Balaban J connectivity index is 1.48. The van der Waals surface area contributed by atoms with E-state index in [1.54, 1.807) is 18.5 Å². The van der Waals surface area contributed by atoms with E-state index in [4.69, 9.17) is 15.8 Å². The maximum Gasteiger partial charge on any atom is 0.404 e. The summed E-state index contributed by atoms with van der Waals surface area (Å²) in [5, 5.41) is 14.4. The lowest BCUT2D eigenvalue weighted by molar-refractivity contribution is 0.0941. The molecule has 0 atom stereocenters. The highest BCUT2D eigenvalue weighted by Crippen LogP contribution is 2.29. The summed E-state index contributed by atoms with van der Waals surface area (Å²) in [6, 6.07) is 15.3. The molecule has 1 fully saturated rings. The molecule has 2 amide bonds. The maximum absolute atomic E-state index is 13.2. The first-order valence-corrected chi connectivity index (χ1v) is 12.0. The third kappa shape index (κ3) is 6.64. The molecule has 182 valence electrons. The van der Waals surface area contributed by atoms with Crippen LogP contribution in [0.1, 0.15) is 41.6 Å². The molecule has 5 N–H and O–H groups in total. The second-order valence-electron chi connectivity index (χ2n) is 9.06. The summed E-state index contributed by atoms with van der Waals surface area (Å²) in [5.41, 5.74) is 10.5. The molecule has 0 radical (unpaired) electrons. The summed E-state index contributed by atoms with van der Waals surface area (Å²) in [4.78, 5) is 32.9. The Labute approximate surface area is 205 Å². The van der Waals surface area contributed by atoms with Crippen LogP contribution < -0.4 is 16.4 Å². The van der Waals surface area contributed by atoms with Crippen LogP contribution in [0.15, 0.2) is 60.9 Å². The van der Waals surface area contributed by atoms with Gasteiger partial charge in [0.25, 0.3) is 5.91 Å². The van der Waals surface area contributed by atoms with Gasteiger partial charge in [-0.1, -0.05) is 18.2 Å². The SMILES string of the molecule is NCc1cccc(-c2cc(C(=O)NCC3CCC(CNC(=O)O)CC3)cc(-c3cccnc3)n2)c1. The fraction of sp³-hybridized carbons (Fsp3) is 0.333. The van der Waals surface area contributed by atoms with E-state index in [1.807, 2.05) is 42.5 Å². The van der Waals surface area contributed by atoms with Crippen molar-refractivity contribution in [2.75, 3.05) is 13.1 Å². The van der Waals surface area contributed by atoms with Crippen LogP contribution in [0.4, 0.5) is 4.79 Å². The second-order valence-corrected chi connectivity index (χ2v) is 9.06. The van der Waals surface area contributed by atoms with Crippen LogP contribution in [0.5, 0.6) is 0 Å². The largest absolute Gasteiger partial charge is 0.465 e. The van der Waals surface area contributed by atoms with Crippen LogP contribution in [0.2, 0.25) is 0 Å². The first-order chi connectivity index (χ1) is 17.0. The van der Waals surface area contributed by atoms with Crippen LogP contribution in [-0.2, 0) is 6.54 Å². The highest BCUT2D eigenvalue weighted by atomic mass is 16.4. The van der Waals surface area contributed by atoms with E-state index >= 15 is 0 Å². The Kier molecular flexibility index (Phi) is 8.05. The number of rotatable bonds is 8. The summed E-state index contributed by atoms with van der Waals surface area (Å²) in [6.07, 6.45) is 6.34. The average Bonchev–Trinajstić information content (AvgIpc) is 2.91. The predicted molar refractivity (Wildman–Crippen MR) is 135 cm³/mol. The number of pyridine rings is 2. The van der Waals surface area contributed by atoms with Gasteiger partial charge in [0, 0.05) is 48.7 Å². The van der Waals surface area contributed by atoms with Crippen molar-refractivity contribution in [1.29, 1.82) is 0 Å². The van der Waals surface area contributed by atoms with E-state index in [-0.39, 0.29) is 5.91 Å². The van der Waals surface area contributed by atoms with Gasteiger partial charge in [0.2, 0.25) is 0 Å². The van der Waals surface area contributed by atoms with Crippen LogP contribution in [-0.4, -0.2) is 40.2 Å². The van der Waals surface area contributed by atoms with Crippen molar-refractivity contribution in [3.8, 4) is 22.5 Å². The fourth-order valence-electron chi connectivity index (χ4n) is 4.54. The molecule has 1 saturated carbocycles. The van der Waals surface area contributed by atoms with Crippen molar-refractivity contribution in [1.82, 2.24) is 20.6 Å². The molecule has 8 nitrogen and oxygen atoms in total. The van der Waals surface area contributed by atoms with E-state index < -0.39 is 6.09 Å². The number of amides is 2. The molecule has 8 heteroatoms. The molecule has 0 spiro atoms. The van der Waals surface area contributed by atoms with Gasteiger partial charge in [-0.25, -0.2) is 9.78 Å². The standard InChI is InChI=1S/C27H31N5O3/c28-14-20-3-1-4-21(11-20)24-12-23(13-25(32-24)22-5-2-10-29-17-22)26(33)30-15-18-6-8-19(9-7-18)16-31-27(34)35/h1-5,10-13,17-19,31H,6-9,14-16,28H2,(H,30,33)(H,34,35). The van der Waals surface area contributed by atoms with Crippen LogP contribution in [0.25, 0.3) is 22.5 Å². The van der Waals surface area contributed by atoms with Crippen molar-refractivity contribution in [3.05, 3.63) is 72.1 Å². The number of carbonyl (C=O) groups excluding carboxylic acids is 1. The molecule has 2 aromatic heterocycles. The molecular weight excluding hydrogens is 442 g/mol. The monoisotopic (exact) mass is 473 g/mol. The number of carbonyl (C=O) groups is 2. The normalized spacial score (nSPS) is 17.5. The van der Waals surface area contributed by atoms with E-state index in [9.17, 15) is 9.59 Å². The molecule has 1 aromatic carbocycles. The van der Waals surface area contributed by atoms with Gasteiger partial charge in [0.15, 0.2) is 0 Å². The fourth-order valence-corrected chi connectivity index (χ4v) is 4.54. The number of nitrogens with zero attached hydrogens (tertiary/aromatic N) is 2. The third-order valence-electron chi connectivity index (χ3n) is 6.56. The van der Waals surface area contributed by atoms with Gasteiger partial charge in [0.05, 0.1) is 11.4 Å². The zero-order valence-corrected chi connectivity index (χ0v) is 19.6. The molecule has 0 saturated heterocycles. The van der Waals surface area contributed by atoms with Gasteiger partial charge < -0.3 is 21.5 Å². The van der Waals surface area contributed by atoms with E-state index in [1.165, 1.54) is 0 Å². The van der Waals surface area contributed by atoms with E-state index in [0.717, 1.165) is 42.4 Å². The summed E-state index contributed by atoms with van der Waals surface area (Å²) >= 11 is 0. The van der Waals surface area contributed by atoms with Crippen LogP contribution >= 0.6 is 0 Å². The van der Waals surface area contributed by atoms with E-state index in [0.29, 0.717) is 48.4 Å².